The summed E-state index contributed by atoms with van der Waals surface area (Å²) in [5, 5.41) is 6.69. The average molecular weight is 482 g/mol. The summed E-state index contributed by atoms with van der Waals surface area (Å²) in [6.07, 6.45) is 2.20. The van der Waals surface area contributed by atoms with Crippen LogP contribution in [0.1, 0.15) is 62.8 Å². The molecule has 2 aromatic rings. The molecule has 1 amide bonds. The van der Waals surface area contributed by atoms with E-state index in [4.69, 9.17) is 9.72 Å². The van der Waals surface area contributed by atoms with Gasteiger partial charge in [-0.3, -0.25) is 9.59 Å². The number of methoxy groups -OCH3 is 1. The van der Waals surface area contributed by atoms with Crippen molar-refractivity contribution in [2.75, 3.05) is 32.1 Å². The zero-order valence-corrected chi connectivity index (χ0v) is 21.8. The molecule has 2 unspecified atom stereocenters. The third-order valence-electron chi connectivity index (χ3n) is 6.12. The van der Waals surface area contributed by atoms with E-state index in [1.165, 1.54) is 7.11 Å². The number of hydrogen-bond donors (Lipinski definition) is 2. The maximum absolute atomic E-state index is 14.0. The van der Waals surface area contributed by atoms with E-state index in [0.717, 1.165) is 5.56 Å². The summed E-state index contributed by atoms with van der Waals surface area (Å²) < 4.78 is 4.97. The third-order valence-corrected chi connectivity index (χ3v) is 6.12. The Morgan fingerprint density at radius 3 is 2.54 bits per heavy atom. The minimum atomic E-state index is -0.281. The molecule has 35 heavy (non-hydrogen) atoms. The predicted octanol–water partition coefficient (Wildman–Crippen LogP) is 3.64. The number of ether oxygens (including phenoxy) is 1. The summed E-state index contributed by atoms with van der Waals surface area (Å²) in [5.74, 6) is 0.796. The van der Waals surface area contributed by atoms with Gasteiger partial charge in [-0.25, -0.2) is 9.97 Å². The molecule has 1 fully saturated rings. The molecule has 2 N–H and O–H groups in total. The third kappa shape index (κ3) is 7.01. The smallest absolute Gasteiger partial charge is 0.310 e. The summed E-state index contributed by atoms with van der Waals surface area (Å²) >= 11 is 0. The Hall–Kier alpha value is -3.00. The van der Waals surface area contributed by atoms with Gasteiger partial charge in [0.15, 0.2) is 0 Å². The monoisotopic (exact) mass is 481 g/mol. The van der Waals surface area contributed by atoms with Crippen LogP contribution in [0.3, 0.4) is 0 Å². The van der Waals surface area contributed by atoms with E-state index in [-0.39, 0.29) is 35.2 Å². The van der Waals surface area contributed by atoms with Gasteiger partial charge in [0.05, 0.1) is 13.0 Å². The first-order valence-electron chi connectivity index (χ1n) is 12.3. The van der Waals surface area contributed by atoms with Crippen molar-refractivity contribution in [2.45, 2.75) is 59.0 Å². The molecule has 8 heteroatoms. The molecule has 0 bridgehead atoms. The number of rotatable bonds is 8. The van der Waals surface area contributed by atoms with Gasteiger partial charge in [0, 0.05) is 43.8 Å². The highest BCUT2D eigenvalue weighted by Gasteiger charge is 2.35. The number of esters is 1. The Labute approximate surface area is 208 Å². The summed E-state index contributed by atoms with van der Waals surface area (Å²) in [6.45, 7) is 12.6. The quantitative estimate of drug-likeness (QED) is 0.556. The van der Waals surface area contributed by atoms with Crippen molar-refractivity contribution in [3.05, 3.63) is 53.5 Å². The second kappa shape index (κ2) is 11.6. The topological polar surface area (TPSA) is 96.5 Å². The number of benzene rings is 1. The van der Waals surface area contributed by atoms with Gasteiger partial charge >= 0.3 is 5.97 Å². The molecule has 1 aromatic heterocycles. The molecule has 1 saturated heterocycles. The first-order valence-corrected chi connectivity index (χ1v) is 12.3. The van der Waals surface area contributed by atoms with Crippen molar-refractivity contribution < 1.29 is 14.3 Å². The Bertz CT molecular complexity index is 1000. The molecule has 8 nitrogen and oxygen atoms in total. The molecule has 0 aliphatic carbocycles. The molecular weight excluding hydrogens is 442 g/mol. The van der Waals surface area contributed by atoms with E-state index in [9.17, 15) is 9.59 Å². The number of carbonyl (C=O) groups excluding carboxylic acids is 2. The van der Waals surface area contributed by atoms with Gasteiger partial charge in [0.25, 0.3) is 5.91 Å². The highest BCUT2D eigenvalue weighted by Crippen LogP contribution is 2.26. The molecule has 0 radical (unpaired) electrons. The molecule has 1 aromatic carbocycles. The van der Waals surface area contributed by atoms with Crippen molar-refractivity contribution in [1.29, 1.82) is 0 Å². The zero-order chi connectivity index (χ0) is 25.6. The van der Waals surface area contributed by atoms with Crippen LogP contribution in [0.4, 0.5) is 5.82 Å². The molecule has 1 aliphatic rings. The summed E-state index contributed by atoms with van der Waals surface area (Å²) in [6, 6.07) is 9.89. The van der Waals surface area contributed by atoms with Crippen LogP contribution in [0.25, 0.3) is 0 Å². The Morgan fingerprint density at radius 2 is 1.91 bits per heavy atom. The fraction of sp³-hybridized carbons (Fsp3) is 0.556. The minimum Gasteiger partial charge on any atom is -0.469 e. The fourth-order valence-electron chi connectivity index (χ4n) is 4.26. The van der Waals surface area contributed by atoms with Crippen LogP contribution < -0.4 is 10.6 Å². The minimum absolute atomic E-state index is 0.132. The van der Waals surface area contributed by atoms with Crippen LogP contribution in [0.5, 0.6) is 0 Å². The summed E-state index contributed by atoms with van der Waals surface area (Å²) in [7, 11) is 1.40. The highest BCUT2D eigenvalue weighted by atomic mass is 16.5. The number of nitrogens with one attached hydrogen (secondary N) is 2. The number of amides is 1. The van der Waals surface area contributed by atoms with Gasteiger partial charge in [0.2, 0.25) is 0 Å². The van der Waals surface area contributed by atoms with Gasteiger partial charge in [-0.1, -0.05) is 65.0 Å². The normalized spacial score (nSPS) is 18.3. The van der Waals surface area contributed by atoms with E-state index in [1.807, 2.05) is 35.2 Å². The SMILES string of the molecule is COC(=O)C1CNCC(N(CC(C)C)C(=O)c2cnc(C(C)(C)C)nc2NCc2ccccc2)C1. The number of piperidine rings is 1. The molecule has 0 saturated carbocycles. The Kier molecular flexibility index (Phi) is 8.83. The van der Waals surface area contributed by atoms with Crippen LogP contribution in [0, 0.1) is 11.8 Å². The van der Waals surface area contributed by atoms with Gasteiger partial charge in [-0.15, -0.1) is 0 Å². The largest absolute Gasteiger partial charge is 0.469 e. The van der Waals surface area contributed by atoms with E-state index in [0.29, 0.717) is 49.8 Å². The van der Waals surface area contributed by atoms with Gasteiger partial charge in [-0.05, 0) is 17.9 Å². The molecule has 1 aliphatic heterocycles. The molecule has 2 atom stereocenters. The van der Waals surface area contributed by atoms with Crippen molar-refractivity contribution in [2.24, 2.45) is 11.8 Å². The molecule has 2 heterocycles. The van der Waals surface area contributed by atoms with Gasteiger partial charge in [0.1, 0.15) is 17.2 Å². The number of anilines is 1. The molecule has 190 valence electrons. The lowest BCUT2D eigenvalue weighted by molar-refractivity contribution is -0.146. The molecular formula is C27H39N5O3. The molecule has 3 rings (SSSR count). The van der Waals surface area contributed by atoms with Crippen LogP contribution in [-0.4, -0.2) is 59.5 Å². The van der Waals surface area contributed by atoms with E-state index >= 15 is 0 Å². The van der Waals surface area contributed by atoms with Crippen LogP contribution in [0.15, 0.2) is 36.5 Å². The fourth-order valence-corrected chi connectivity index (χ4v) is 4.26. The zero-order valence-electron chi connectivity index (χ0n) is 21.8. The first-order chi connectivity index (χ1) is 16.6. The maximum Gasteiger partial charge on any atom is 0.310 e. The summed E-state index contributed by atoms with van der Waals surface area (Å²) in [5.41, 5.74) is 1.27. The van der Waals surface area contributed by atoms with Crippen molar-refractivity contribution in [1.82, 2.24) is 20.2 Å². The highest BCUT2D eigenvalue weighted by molar-refractivity contribution is 5.98. The Balaban J connectivity index is 1.93. The van der Waals surface area contributed by atoms with Gasteiger partial charge < -0.3 is 20.3 Å². The second-order valence-electron chi connectivity index (χ2n) is 10.7. The predicted molar refractivity (Wildman–Crippen MR) is 137 cm³/mol. The van der Waals surface area contributed by atoms with Crippen LogP contribution >= 0.6 is 0 Å². The number of nitrogens with zero attached hydrogens (tertiary/aromatic N) is 3. The van der Waals surface area contributed by atoms with E-state index < -0.39 is 0 Å². The summed E-state index contributed by atoms with van der Waals surface area (Å²) in [4.78, 5) is 37.4. The van der Waals surface area contributed by atoms with E-state index in [1.54, 1.807) is 6.20 Å². The van der Waals surface area contributed by atoms with Crippen molar-refractivity contribution in [3.63, 3.8) is 0 Å². The average Bonchev–Trinajstić information content (AvgIpc) is 2.85. The van der Waals surface area contributed by atoms with Crippen LogP contribution in [-0.2, 0) is 21.5 Å². The van der Waals surface area contributed by atoms with Gasteiger partial charge in [-0.2, -0.15) is 0 Å². The van der Waals surface area contributed by atoms with Crippen molar-refractivity contribution >= 4 is 17.7 Å². The standard InChI is InChI=1S/C27H39N5O3/c1-18(2)17-32(21-12-20(14-28-15-21)25(34)35-6)24(33)22-16-30-26(27(3,4)5)31-23(22)29-13-19-10-8-7-9-11-19/h7-11,16,18,20-21,28H,12-15,17H2,1-6H3,(H,29,30,31). The maximum atomic E-state index is 14.0. The van der Waals surface area contributed by atoms with E-state index in [2.05, 4.69) is 50.2 Å². The number of hydrogen-bond acceptors (Lipinski definition) is 7. The lowest BCUT2D eigenvalue weighted by atomic mass is 9.93. The molecule has 0 spiro atoms. The first kappa shape index (κ1) is 26.6. The number of carbonyl (C=O) groups is 2. The van der Waals surface area contributed by atoms with Crippen LogP contribution in [0.2, 0.25) is 0 Å². The second-order valence-corrected chi connectivity index (χ2v) is 10.7. The Morgan fingerprint density at radius 1 is 1.20 bits per heavy atom. The lowest BCUT2D eigenvalue weighted by Crippen LogP contribution is -2.53. The van der Waals surface area contributed by atoms with Crippen molar-refractivity contribution in [3.8, 4) is 0 Å². The number of aromatic nitrogens is 2. The lowest BCUT2D eigenvalue weighted by Gasteiger charge is -2.38.